The second-order valence-corrected chi connectivity index (χ2v) is 3.27. The van der Waals surface area contributed by atoms with Gasteiger partial charge in [-0.3, -0.25) is 0 Å². The van der Waals surface area contributed by atoms with E-state index in [0.29, 0.717) is 66.0 Å². The van der Waals surface area contributed by atoms with Gasteiger partial charge in [-0.25, -0.2) is 5.90 Å². The van der Waals surface area contributed by atoms with Crippen LogP contribution >= 0.6 is 0 Å². The molecule has 0 aliphatic rings. The van der Waals surface area contributed by atoms with Gasteiger partial charge in [-0.2, -0.15) is 0 Å². The van der Waals surface area contributed by atoms with Crippen LogP contribution in [0.25, 0.3) is 10.4 Å². The summed E-state index contributed by atoms with van der Waals surface area (Å²) in [6.07, 6.45) is 0. The fourth-order valence-electron chi connectivity index (χ4n) is 1.02. The third-order valence-corrected chi connectivity index (χ3v) is 1.86. The van der Waals surface area contributed by atoms with Crippen LogP contribution in [0.1, 0.15) is 0 Å². The number of hydrogen-bond donors (Lipinski definition) is 1. The summed E-state index contributed by atoms with van der Waals surface area (Å²) in [4.78, 5) is 6.94. The number of ether oxygens (including phenoxy) is 4. The molecule has 0 radical (unpaired) electrons. The lowest BCUT2D eigenvalue weighted by atomic mass is 10.7. The van der Waals surface area contributed by atoms with Gasteiger partial charge < -0.3 is 23.8 Å². The van der Waals surface area contributed by atoms with Crippen molar-refractivity contribution in [2.75, 3.05) is 66.0 Å². The molecule has 0 unspecified atom stereocenters. The molecule has 0 fully saturated rings. The summed E-state index contributed by atoms with van der Waals surface area (Å²) in [5.74, 6) is 4.82. The van der Waals surface area contributed by atoms with Gasteiger partial charge in [0.1, 0.15) is 0 Å². The first-order valence-electron chi connectivity index (χ1n) is 6.05. The average Bonchev–Trinajstić information content (AvgIpc) is 2.43. The van der Waals surface area contributed by atoms with Crippen molar-refractivity contribution in [2.24, 2.45) is 11.0 Å². The van der Waals surface area contributed by atoms with Gasteiger partial charge in [0.15, 0.2) is 0 Å². The predicted molar refractivity (Wildman–Crippen MR) is 67.4 cm³/mol. The van der Waals surface area contributed by atoms with Crippen LogP contribution in [-0.2, 0) is 23.8 Å². The van der Waals surface area contributed by atoms with Crippen molar-refractivity contribution in [3.05, 3.63) is 10.4 Å². The molecule has 0 amide bonds. The van der Waals surface area contributed by atoms with Crippen LogP contribution in [0.2, 0.25) is 0 Å². The summed E-state index contributed by atoms with van der Waals surface area (Å²) in [7, 11) is 0. The van der Waals surface area contributed by atoms with E-state index in [0.717, 1.165) is 0 Å². The summed E-state index contributed by atoms with van der Waals surface area (Å²) in [6.45, 7) is 4.59. The molecule has 0 bridgehead atoms. The largest absolute Gasteiger partial charge is 0.379 e. The maximum Gasteiger partial charge on any atom is 0.0913 e. The highest BCUT2D eigenvalue weighted by Gasteiger charge is 1.92. The maximum atomic E-state index is 8.01. The van der Waals surface area contributed by atoms with Crippen molar-refractivity contribution in [1.82, 2.24) is 0 Å². The fraction of sp³-hybridized carbons (Fsp3) is 1.00. The zero-order valence-corrected chi connectivity index (χ0v) is 11.0. The molecule has 112 valence electrons. The molecular formula is C10H22N4O5. The molecular weight excluding hydrogens is 256 g/mol. The Bertz CT molecular complexity index is 226. The second-order valence-electron chi connectivity index (χ2n) is 3.27. The molecule has 0 aliphatic carbocycles. The summed E-state index contributed by atoms with van der Waals surface area (Å²) in [5, 5.41) is 3.33. The minimum absolute atomic E-state index is 0.342. The lowest BCUT2D eigenvalue weighted by Crippen LogP contribution is -2.14. The zero-order chi connectivity index (χ0) is 14.0. The van der Waals surface area contributed by atoms with E-state index in [2.05, 4.69) is 14.9 Å². The number of azide groups is 1. The Hall–Kier alpha value is -0.930. The smallest absolute Gasteiger partial charge is 0.0913 e. The van der Waals surface area contributed by atoms with E-state index in [1.54, 1.807) is 0 Å². The number of nitrogens with zero attached hydrogens (tertiary/aromatic N) is 3. The summed E-state index contributed by atoms with van der Waals surface area (Å²) < 4.78 is 20.8. The van der Waals surface area contributed by atoms with Crippen LogP contribution in [0.4, 0.5) is 0 Å². The maximum absolute atomic E-state index is 8.01. The Morgan fingerprint density at radius 2 is 1.16 bits per heavy atom. The lowest BCUT2D eigenvalue weighted by molar-refractivity contribution is -0.0107. The standard InChI is InChI=1S/C10H22N4O5/c11-14-13-1-2-15-3-4-16-5-6-17-7-8-18-9-10-19-12/h1-10,12H2. The van der Waals surface area contributed by atoms with Crippen molar-refractivity contribution in [1.29, 1.82) is 0 Å². The zero-order valence-electron chi connectivity index (χ0n) is 11.0. The Morgan fingerprint density at radius 1 is 0.737 bits per heavy atom. The summed E-state index contributed by atoms with van der Waals surface area (Å²) in [6, 6.07) is 0. The van der Waals surface area contributed by atoms with Crippen molar-refractivity contribution in [2.45, 2.75) is 0 Å². The van der Waals surface area contributed by atoms with Crippen molar-refractivity contribution in [3.8, 4) is 0 Å². The Kier molecular flexibility index (Phi) is 16.2. The number of rotatable bonds is 15. The number of hydrogen-bond acceptors (Lipinski definition) is 7. The fourth-order valence-corrected chi connectivity index (χ4v) is 1.02. The highest BCUT2D eigenvalue weighted by Crippen LogP contribution is 1.83. The van der Waals surface area contributed by atoms with Crippen molar-refractivity contribution < 1.29 is 23.8 Å². The molecule has 0 spiro atoms. The van der Waals surface area contributed by atoms with Gasteiger partial charge in [-0.1, -0.05) is 5.11 Å². The quantitative estimate of drug-likeness (QED) is 0.151. The van der Waals surface area contributed by atoms with Gasteiger partial charge >= 0.3 is 0 Å². The topological polar surface area (TPSA) is 121 Å². The molecule has 0 saturated carbocycles. The molecule has 19 heavy (non-hydrogen) atoms. The first-order valence-corrected chi connectivity index (χ1v) is 6.05. The van der Waals surface area contributed by atoms with Crippen LogP contribution in [-0.4, -0.2) is 66.0 Å². The van der Waals surface area contributed by atoms with Crippen molar-refractivity contribution in [3.63, 3.8) is 0 Å². The van der Waals surface area contributed by atoms with Crippen LogP contribution in [0.5, 0.6) is 0 Å². The summed E-state index contributed by atoms with van der Waals surface area (Å²) in [5.41, 5.74) is 8.01. The molecule has 0 aromatic carbocycles. The van der Waals surface area contributed by atoms with Crippen LogP contribution in [0, 0.1) is 0 Å². The van der Waals surface area contributed by atoms with Gasteiger partial charge in [-0.05, 0) is 5.53 Å². The SMILES string of the molecule is [N-]=[N+]=NCCOCCOCCOCCOCCON. The van der Waals surface area contributed by atoms with Crippen molar-refractivity contribution >= 4 is 0 Å². The first-order chi connectivity index (χ1) is 9.41. The van der Waals surface area contributed by atoms with E-state index in [4.69, 9.17) is 30.4 Å². The van der Waals surface area contributed by atoms with Gasteiger partial charge in [-0.15, -0.1) is 0 Å². The van der Waals surface area contributed by atoms with E-state index in [1.807, 2.05) is 0 Å². The van der Waals surface area contributed by atoms with E-state index >= 15 is 0 Å². The molecule has 9 heteroatoms. The summed E-state index contributed by atoms with van der Waals surface area (Å²) >= 11 is 0. The van der Waals surface area contributed by atoms with Crippen LogP contribution in [0.15, 0.2) is 5.11 Å². The van der Waals surface area contributed by atoms with Gasteiger partial charge in [0, 0.05) is 11.5 Å². The molecule has 0 atom stereocenters. The van der Waals surface area contributed by atoms with Crippen LogP contribution < -0.4 is 5.90 Å². The lowest BCUT2D eigenvalue weighted by Gasteiger charge is -2.06. The normalized spacial score (nSPS) is 10.4. The van der Waals surface area contributed by atoms with E-state index < -0.39 is 0 Å². The number of nitrogens with two attached hydrogens (primary N) is 1. The van der Waals surface area contributed by atoms with E-state index in [1.165, 1.54) is 0 Å². The first kappa shape index (κ1) is 18.1. The molecule has 0 aliphatic heterocycles. The second kappa shape index (κ2) is 17.1. The molecule has 2 N–H and O–H groups in total. The molecule has 0 saturated heterocycles. The highest BCUT2D eigenvalue weighted by molar-refractivity contribution is 4.44. The van der Waals surface area contributed by atoms with E-state index in [9.17, 15) is 0 Å². The van der Waals surface area contributed by atoms with Gasteiger partial charge in [0.25, 0.3) is 0 Å². The Balaban J connectivity index is 2.93. The monoisotopic (exact) mass is 278 g/mol. The Morgan fingerprint density at radius 3 is 1.58 bits per heavy atom. The van der Waals surface area contributed by atoms with E-state index in [-0.39, 0.29) is 0 Å². The average molecular weight is 278 g/mol. The third kappa shape index (κ3) is 17.1. The molecule has 0 rings (SSSR count). The molecule has 9 nitrogen and oxygen atoms in total. The molecule has 0 heterocycles. The van der Waals surface area contributed by atoms with Crippen LogP contribution in [0.3, 0.4) is 0 Å². The Labute approximate surface area is 112 Å². The molecule has 0 aromatic heterocycles. The van der Waals surface area contributed by atoms with Gasteiger partial charge in [0.2, 0.25) is 0 Å². The van der Waals surface area contributed by atoms with Gasteiger partial charge in [0.05, 0.1) is 59.5 Å². The minimum Gasteiger partial charge on any atom is -0.379 e. The predicted octanol–water partition coefficient (Wildman–Crippen LogP) is 0.253. The molecule has 0 aromatic rings. The minimum atomic E-state index is 0.342. The third-order valence-electron chi connectivity index (χ3n) is 1.86. The highest BCUT2D eigenvalue weighted by atomic mass is 16.6.